The van der Waals surface area contributed by atoms with Gasteiger partial charge < -0.3 is 14.8 Å². The van der Waals surface area contributed by atoms with Gasteiger partial charge in [0.1, 0.15) is 6.04 Å². The first-order valence-electron chi connectivity index (χ1n) is 8.50. The fourth-order valence-electron chi connectivity index (χ4n) is 2.62. The third kappa shape index (κ3) is 4.59. The van der Waals surface area contributed by atoms with Gasteiger partial charge in [-0.3, -0.25) is 4.79 Å². The van der Waals surface area contributed by atoms with Gasteiger partial charge in [-0.2, -0.15) is 0 Å². The quantitative estimate of drug-likeness (QED) is 0.771. The van der Waals surface area contributed by atoms with Gasteiger partial charge >= 0.3 is 11.9 Å². The van der Waals surface area contributed by atoms with E-state index < -0.39 is 30.5 Å². The van der Waals surface area contributed by atoms with Gasteiger partial charge in [0.25, 0.3) is 5.91 Å². The molecule has 2 unspecified atom stereocenters. The second-order valence-corrected chi connectivity index (χ2v) is 6.06. The number of hydrogen-bond acceptors (Lipinski definition) is 5. The van der Waals surface area contributed by atoms with Crippen LogP contribution < -0.4 is 5.32 Å². The molecule has 0 aliphatic carbocycles. The van der Waals surface area contributed by atoms with Gasteiger partial charge in [-0.05, 0) is 22.8 Å². The molecule has 2 aromatic rings. The van der Waals surface area contributed by atoms with Crippen LogP contribution in [0.3, 0.4) is 0 Å². The largest absolute Gasteiger partial charge is 0.467 e. The first-order valence-corrected chi connectivity index (χ1v) is 8.50. The van der Waals surface area contributed by atoms with Crippen molar-refractivity contribution in [3.63, 3.8) is 0 Å². The average molecular weight is 357 g/mol. The Bertz CT molecular complexity index is 796. The fourth-order valence-corrected chi connectivity index (χ4v) is 2.62. The molecule has 0 aromatic heterocycles. The summed E-state index contributed by atoms with van der Waals surface area (Å²) in [6.45, 7) is 3.28. The van der Waals surface area contributed by atoms with Crippen molar-refractivity contribution in [2.75, 3.05) is 13.7 Å². The summed E-state index contributed by atoms with van der Waals surface area (Å²) in [6.07, 6.45) is 0.690. The molecule has 0 saturated heterocycles. The number of hydrogen-bond donors (Lipinski definition) is 1. The van der Waals surface area contributed by atoms with E-state index in [0.717, 1.165) is 10.8 Å². The van der Waals surface area contributed by atoms with E-state index in [-0.39, 0.29) is 5.92 Å². The lowest BCUT2D eigenvalue weighted by Gasteiger charge is -2.21. The van der Waals surface area contributed by atoms with Crippen LogP contribution >= 0.6 is 0 Å². The SMILES string of the molecule is CCC(C)C(NC(=O)COC(=O)c1cccc2ccccc12)C(=O)OC. The zero-order chi connectivity index (χ0) is 19.1. The smallest absolute Gasteiger partial charge is 0.339 e. The molecule has 6 nitrogen and oxygen atoms in total. The number of benzene rings is 2. The Morgan fingerprint density at radius 3 is 2.46 bits per heavy atom. The van der Waals surface area contributed by atoms with Crippen molar-refractivity contribution < 1.29 is 23.9 Å². The van der Waals surface area contributed by atoms with Crippen molar-refractivity contribution >= 4 is 28.6 Å². The van der Waals surface area contributed by atoms with Gasteiger partial charge in [0.2, 0.25) is 0 Å². The minimum Gasteiger partial charge on any atom is -0.467 e. The third-order valence-corrected chi connectivity index (χ3v) is 4.33. The lowest BCUT2D eigenvalue weighted by Crippen LogP contribution is -2.47. The van der Waals surface area contributed by atoms with Gasteiger partial charge in [0.05, 0.1) is 12.7 Å². The zero-order valence-corrected chi connectivity index (χ0v) is 15.2. The van der Waals surface area contributed by atoms with Crippen molar-refractivity contribution in [2.45, 2.75) is 26.3 Å². The van der Waals surface area contributed by atoms with Crippen LogP contribution in [0.2, 0.25) is 0 Å². The molecule has 0 aliphatic heterocycles. The van der Waals surface area contributed by atoms with E-state index in [9.17, 15) is 14.4 Å². The van der Waals surface area contributed by atoms with E-state index in [4.69, 9.17) is 9.47 Å². The maximum atomic E-state index is 12.3. The second-order valence-electron chi connectivity index (χ2n) is 6.06. The minimum atomic E-state index is -0.770. The molecule has 0 bridgehead atoms. The lowest BCUT2D eigenvalue weighted by molar-refractivity contribution is -0.147. The van der Waals surface area contributed by atoms with Gasteiger partial charge in [-0.1, -0.05) is 56.7 Å². The number of carbonyl (C=O) groups is 3. The number of amides is 1. The van der Waals surface area contributed by atoms with Crippen molar-refractivity contribution in [1.82, 2.24) is 5.32 Å². The molecule has 2 rings (SSSR count). The molecule has 6 heteroatoms. The van der Waals surface area contributed by atoms with Crippen LogP contribution in [0.4, 0.5) is 0 Å². The molecular weight excluding hydrogens is 334 g/mol. The Labute approximate surface area is 152 Å². The highest BCUT2D eigenvalue weighted by Crippen LogP contribution is 2.19. The molecule has 0 radical (unpaired) electrons. The maximum Gasteiger partial charge on any atom is 0.339 e. The molecule has 26 heavy (non-hydrogen) atoms. The van der Waals surface area contributed by atoms with Crippen LogP contribution in [0, 0.1) is 5.92 Å². The molecule has 1 amide bonds. The van der Waals surface area contributed by atoms with Gasteiger partial charge in [0.15, 0.2) is 6.61 Å². The van der Waals surface area contributed by atoms with E-state index in [2.05, 4.69) is 5.32 Å². The van der Waals surface area contributed by atoms with E-state index in [0.29, 0.717) is 12.0 Å². The Morgan fingerprint density at radius 1 is 1.08 bits per heavy atom. The third-order valence-electron chi connectivity index (χ3n) is 4.33. The van der Waals surface area contributed by atoms with Crippen molar-refractivity contribution in [3.8, 4) is 0 Å². The Morgan fingerprint density at radius 2 is 1.77 bits per heavy atom. The maximum absolute atomic E-state index is 12.3. The van der Waals surface area contributed by atoms with Crippen molar-refractivity contribution in [3.05, 3.63) is 48.0 Å². The Balaban J connectivity index is 2.02. The summed E-state index contributed by atoms with van der Waals surface area (Å²) >= 11 is 0. The molecule has 0 heterocycles. The summed E-state index contributed by atoms with van der Waals surface area (Å²) in [5, 5.41) is 4.24. The molecule has 138 valence electrons. The van der Waals surface area contributed by atoms with E-state index in [1.165, 1.54) is 7.11 Å². The van der Waals surface area contributed by atoms with Gasteiger partial charge in [0, 0.05) is 0 Å². The highest BCUT2D eigenvalue weighted by molar-refractivity contribution is 6.05. The average Bonchev–Trinajstić information content (AvgIpc) is 2.68. The summed E-state index contributed by atoms with van der Waals surface area (Å²) in [7, 11) is 1.27. The molecule has 2 aromatic carbocycles. The highest BCUT2D eigenvalue weighted by Gasteiger charge is 2.27. The standard InChI is InChI=1S/C20H23NO5/c1-4-13(2)18(20(24)25-3)21-17(22)12-26-19(23)16-11-7-9-14-8-5-6-10-15(14)16/h5-11,13,18H,4,12H2,1-3H3,(H,21,22). The van der Waals surface area contributed by atoms with Crippen LogP contribution in [0.15, 0.2) is 42.5 Å². The number of rotatable bonds is 7. The predicted octanol–water partition coefficient (Wildman–Crippen LogP) is 2.70. The predicted molar refractivity (Wildman–Crippen MR) is 97.6 cm³/mol. The number of fused-ring (bicyclic) bond motifs is 1. The van der Waals surface area contributed by atoms with Crippen LogP contribution in [-0.4, -0.2) is 37.6 Å². The van der Waals surface area contributed by atoms with Crippen molar-refractivity contribution in [2.24, 2.45) is 5.92 Å². The number of esters is 2. The highest BCUT2D eigenvalue weighted by atomic mass is 16.5. The molecule has 0 fully saturated rings. The van der Waals surface area contributed by atoms with Crippen LogP contribution in [0.1, 0.15) is 30.6 Å². The fraction of sp³-hybridized carbons (Fsp3) is 0.350. The summed E-state index contributed by atoms with van der Waals surface area (Å²) in [4.78, 5) is 36.2. The Hall–Kier alpha value is -2.89. The van der Waals surface area contributed by atoms with Crippen LogP contribution in [0.25, 0.3) is 10.8 Å². The second kappa shape index (κ2) is 8.99. The van der Waals surface area contributed by atoms with E-state index in [1.54, 1.807) is 12.1 Å². The molecule has 2 atom stereocenters. The molecule has 0 saturated carbocycles. The van der Waals surface area contributed by atoms with Gasteiger partial charge in [-0.25, -0.2) is 9.59 Å². The molecular formula is C20H23NO5. The number of carbonyl (C=O) groups excluding carboxylic acids is 3. The van der Waals surface area contributed by atoms with E-state index in [1.807, 2.05) is 44.2 Å². The van der Waals surface area contributed by atoms with Crippen LogP contribution in [0.5, 0.6) is 0 Å². The summed E-state index contributed by atoms with van der Waals surface area (Å²) < 4.78 is 9.84. The molecule has 1 N–H and O–H groups in total. The minimum absolute atomic E-state index is 0.0971. The van der Waals surface area contributed by atoms with Crippen LogP contribution in [-0.2, 0) is 19.1 Å². The monoisotopic (exact) mass is 357 g/mol. The molecule has 0 spiro atoms. The summed E-state index contributed by atoms with van der Waals surface area (Å²) in [5.74, 6) is -1.75. The summed E-state index contributed by atoms with van der Waals surface area (Å²) in [6, 6.07) is 12.0. The number of methoxy groups -OCH3 is 1. The van der Waals surface area contributed by atoms with Crippen molar-refractivity contribution in [1.29, 1.82) is 0 Å². The van der Waals surface area contributed by atoms with Gasteiger partial charge in [-0.15, -0.1) is 0 Å². The number of nitrogens with one attached hydrogen (secondary N) is 1. The Kier molecular flexibility index (Phi) is 6.72. The number of ether oxygens (including phenoxy) is 2. The zero-order valence-electron chi connectivity index (χ0n) is 15.2. The first-order chi connectivity index (χ1) is 12.5. The molecule has 0 aliphatic rings. The van der Waals surface area contributed by atoms with E-state index >= 15 is 0 Å². The normalized spacial score (nSPS) is 12.9. The lowest BCUT2D eigenvalue weighted by atomic mass is 9.99. The first kappa shape index (κ1) is 19.4. The summed E-state index contributed by atoms with van der Waals surface area (Å²) in [5.41, 5.74) is 0.391. The topological polar surface area (TPSA) is 81.7 Å².